The van der Waals surface area contributed by atoms with Crippen molar-refractivity contribution < 1.29 is 74.6 Å². The van der Waals surface area contributed by atoms with Gasteiger partial charge in [-0.3, -0.25) is 0 Å². The lowest BCUT2D eigenvalue weighted by Crippen LogP contribution is -2.57. The molecule has 0 aliphatic carbocycles. The summed E-state index contributed by atoms with van der Waals surface area (Å²) in [4.78, 5) is 0. The van der Waals surface area contributed by atoms with Crippen LogP contribution in [0.25, 0.3) is 43.1 Å². The highest BCUT2D eigenvalue weighted by Crippen LogP contribution is 2.44. The van der Waals surface area contributed by atoms with Crippen molar-refractivity contribution in [3.8, 4) is 0 Å². The zero-order valence-corrected chi connectivity index (χ0v) is 23.3. The molecule has 0 spiro atoms. The normalized spacial score (nSPS) is 12.1. The van der Waals surface area contributed by atoms with Crippen LogP contribution in [0.3, 0.4) is 0 Å². The van der Waals surface area contributed by atoms with Crippen LogP contribution in [-0.4, -0.2) is 6.71 Å². The molecule has 254 valence electrons. The van der Waals surface area contributed by atoms with E-state index in [1.165, 1.54) is 0 Å². The van der Waals surface area contributed by atoms with Crippen molar-refractivity contribution in [3.63, 3.8) is 0 Å². The Kier molecular flexibility index (Phi) is 7.21. The van der Waals surface area contributed by atoms with E-state index in [1.54, 1.807) is 0 Å². The molecule has 7 aromatic rings. The van der Waals surface area contributed by atoms with Crippen LogP contribution in [0.2, 0.25) is 0 Å². The molecule has 0 aliphatic rings. The third-order valence-electron chi connectivity index (χ3n) is 8.40. The fourth-order valence-electron chi connectivity index (χ4n) is 6.39. The van der Waals surface area contributed by atoms with Crippen molar-refractivity contribution in [2.45, 2.75) is 0 Å². The summed E-state index contributed by atoms with van der Waals surface area (Å²) in [5.74, 6) is -43.2. The molecule has 0 saturated heterocycles. The molecule has 0 radical (unpaired) electrons. The molecule has 0 nitrogen and oxygen atoms in total. The van der Waals surface area contributed by atoms with E-state index in [2.05, 4.69) is 0 Å². The van der Waals surface area contributed by atoms with Crippen LogP contribution in [0.4, 0.5) is 74.6 Å². The monoisotopic (exact) mass is 722 g/mol. The van der Waals surface area contributed by atoms with E-state index in [0.717, 1.165) is 0 Å². The van der Waals surface area contributed by atoms with Crippen molar-refractivity contribution >= 4 is 66.2 Å². The lowest BCUT2D eigenvalue weighted by atomic mass is 9.35. The maximum atomic E-state index is 16.3. The predicted octanol–water partition coefficient (Wildman–Crippen LogP) is 8.62. The molecule has 0 bridgehead atoms. The van der Waals surface area contributed by atoms with E-state index >= 15 is 35.1 Å². The average Bonchev–Trinajstić information content (AvgIpc) is 3.06. The van der Waals surface area contributed by atoms with Crippen LogP contribution >= 0.6 is 0 Å². The van der Waals surface area contributed by atoms with Gasteiger partial charge < -0.3 is 0 Å². The Labute approximate surface area is 264 Å². The Morgan fingerprint density at radius 3 is 1.20 bits per heavy atom. The molecule has 50 heavy (non-hydrogen) atoms. The maximum absolute atomic E-state index is 16.3. The Morgan fingerprint density at radius 2 is 0.680 bits per heavy atom. The summed E-state index contributed by atoms with van der Waals surface area (Å²) < 4.78 is 258. The summed E-state index contributed by atoms with van der Waals surface area (Å²) in [6, 6.07) is 0.742. The predicted molar refractivity (Wildman–Crippen MR) is 144 cm³/mol. The first-order chi connectivity index (χ1) is 23.4. The minimum atomic E-state index is -3.32. The molecule has 7 rings (SSSR count). The maximum Gasteiger partial charge on any atom is 0.254 e. The van der Waals surface area contributed by atoms with Crippen LogP contribution < -0.4 is 16.4 Å². The fourth-order valence-corrected chi connectivity index (χ4v) is 6.39. The molecule has 0 aliphatic heterocycles. The van der Waals surface area contributed by atoms with E-state index < -0.39 is 165 Å². The largest absolute Gasteiger partial charge is 0.254 e. The molecule has 18 heteroatoms. The van der Waals surface area contributed by atoms with Gasteiger partial charge in [0.25, 0.3) is 6.71 Å². The number of hydrogen-bond acceptors (Lipinski definition) is 0. The Morgan fingerprint density at radius 1 is 0.300 bits per heavy atom. The molecule has 0 amide bonds. The average molecular weight is 722 g/mol. The van der Waals surface area contributed by atoms with Gasteiger partial charge in [-0.1, -0.05) is 11.5 Å². The van der Waals surface area contributed by atoms with Crippen LogP contribution in [-0.2, 0) is 0 Å². The topological polar surface area (TPSA) is 0 Å². The van der Waals surface area contributed by atoms with Gasteiger partial charge >= 0.3 is 0 Å². The first-order valence-electron chi connectivity index (χ1n) is 13.4. The summed E-state index contributed by atoms with van der Waals surface area (Å²) in [5.41, 5.74) is -5.67. The lowest BCUT2D eigenvalue weighted by molar-refractivity contribution is 0.384. The zero-order valence-electron chi connectivity index (χ0n) is 23.3. The van der Waals surface area contributed by atoms with Crippen molar-refractivity contribution in [1.29, 1.82) is 0 Å². The highest BCUT2D eigenvalue weighted by molar-refractivity contribution is 6.98. The van der Waals surface area contributed by atoms with Gasteiger partial charge in [0.05, 0.1) is 21.5 Å². The van der Waals surface area contributed by atoms with Crippen molar-refractivity contribution in [3.05, 3.63) is 123 Å². The summed E-state index contributed by atoms with van der Waals surface area (Å²) in [6.45, 7) is -3.32. The quantitative estimate of drug-likeness (QED) is 0.0564. The number of hydrogen-bond donors (Lipinski definition) is 0. The first kappa shape index (κ1) is 33.2. The van der Waals surface area contributed by atoms with Gasteiger partial charge in [-0.15, -0.1) is 0 Å². The van der Waals surface area contributed by atoms with Crippen molar-refractivity contribution in [1.82, 2.24) is 0 Å². The Balaban J connectivity index is 1.85. The molecule has 0 fully saturated rings. The third-order valence-corrected chi connectivity index (χ3v) is 8.40. The third kappa shape index (κ3) is 4.04. The van der Waals surface area contributed by atoms with Gasteiger partial charge in [0.15, 0.2) is 81.4 Å². The van der Waals surface area contributed by atoms with Gasteiger partial charge in [0.2, 0.25) is 0 Å². The first-order valence-corrected chi connectivity index (χ1v) is 13.4. The van der Waals surface area contributed by atoms with Crippen LogP contribution in [0, 0.1) is 98.9 Å². The molecule has 0 unspecified atom stereocenters. The lowest BCUT2D eigenvalue weighted by Gasteiger charge is -2.25. The SMILES string of the molecule is Fc1cc(F)c2c(F)ccc(B(c3c(F)c(F)c(F)c(F)c3F)c3c(F)c(F)c4c(F)c(F)c5c(F)c(F)c(F)c6c(F)c(F)c3c4c56)c2c1. The van der Waals surface area contributed by atoms with E-state index in [9.17, 15) is 39.5 Å². The molecule has 0 N–H and O–H groups in total. The second-order valence-corrected chi connectivity index (χ2v) is 10.9. The molecule has 0 atom stereocenters. The van der Waals surface area contributed by atoms with Crippen molar-refractivity contribution in [2.75, 3.05) is 0 Å². The van der Waals surface area contributed by atoms with Gasteiger partial charge in [0, 0.05) is 27.7 Å². The minimum absolute atomic E-state index is 0.0492. The minimum Gasteiger partial charge on any atom is -0.207 e. The van der Waals surface area contributed by atoms with Gasteiger partial charge in [0.1, 0.15) is 17.5 Å². The number of fused-ring (bicyclic) bond motifs is 1. The van der Waals surface area contributed by atoms with Crippen LogP contribution in [0.1, 0.15) is 0 Å². The summed E-state index contributed by atoms with van der Waals surface area (Å²) >= 11 is 0. The Hall–Kier alpha value is -5.29. The highest BCUT2D eigenvalue weighted by Gasteiger charge is 2.43. The summed E-state index contributed by atoms with van der Waals surface area (Å²) in [6.07, 6.45) is 0. The summed E-state index contributed by atoms with van der Waals surface area (Å²) in [7, 11) is 0. The second-order valence-electron chi connectivity index (χ2n) is 10.9. The number of benzene rings is 7. The molecular formula is C32H4BF17. The molecule has 7 aromatic carbocycles. The molecule has 0 saturated carbocycles. The van der Waals surface area contributed by atoms with Gasteiger partial charge in [-0.05, 0) is 23.0 Å². The Bertz CT molecular complexity index is 2630. The number of halogens is 17. The standard InChI is InChI=1S/C32H4BF17/c34-5-3-6-7(1-2-8(35)10(6)9(36)4-5)33(18-27(45)30(48)32(50)31(49)28(18)46)17-13-11-12-15(20(38)19(13)37)24(42)29(47)25(43)16(12)22(40)21(39)14(11)23(41)26(17)44/h1-4H. The highest BCUT2D eigenvalue weighted by atomic mass is 19.2. The van der Waals surface area contributed by atoms with E-state index in [-0.39, 0.29) is 24.3 Å². The van der Waals surface area contributed by atoms with E-state index in [0.29, 0.717) is 0 Å². The van der Waals surface area contributed by atoms with E-state index in [1.807, 2.05) is 0 Å². The summed E-state index contributed by atoms with van der Waals surface area (Å²) in [5, 5.41) is -14.1. The van der Waals surface area contributed by atoms with Crippen LogP contribution in [0.15, 0.2) is 24.3 Å². The van der Waals surface area contributed by atoms with Crippen molar-refractivity contribution in [2.24, 2.45) is 0 Å². The number of rotatable bonds is 3. The zero-order chi connectivity index (χ0) is 36.6. The molecule has 0 aromatic heterocycles. The van der Waals surface area contributed by atoms with E-state index in [4.69, 9.17) is 0 Å². The molecule has 0 heterocycles. The van der Waals surface area contributed by atoms with Crippen LogP contribution in [0.5, 0.6) is 0 Å². The molecular weight excluding hydrogens is 718 g/mol. The second kappa shape index (κ2) is 10.9. The van der Waals surface area contributed by atoms with Gasteiger partial charge in [-0.2, -0.15) is 0 Å². The fraction of sp³-hybridized carbons (Fsp3) is 0. The van der Waals surface area contributed by atoms with Gasteiger partial charge in [-0.25, -0.2) is 74.6 Å². The smallest absolute Gasteiger partial charge is 0.207 e.